The number of benzene rings is 1. The molecular formula is C16H24BrNO2. The molecule has 112 valence electrons. The summed E-state index contributed by atoms with van der Waals surface area (Å²) in [6, 6.07) is 8.34. The first kappa shape index (κ1) is 16.0. The third kappa shape index (κ3) is 4.29. The van der Waals surface area contributed by atoms with Crippen LogP contribution in [-0.4, -0.2) is 40.9 Å². The van der Waals surface area contributed by atoms with Gasteiger partial charge in [-0.05, 0) is 43.9 Å². The van der Waals surface area contributed by atoms with Crippen molar-refractivity contribution in [1.82, 2.24) is 4.90 Å². The Morgan fingerprint density at radius 2 is 2.10 bits per heavy atom. The van der Waals surface area contributed by atoms with E-state index in [0.29, 0.717) is 6.04 Å². The average Bonchev–Trinajstić information content (AvgIpc) is 2.47. The van der Waals surface area contributed by atoms with Crippen molar-refractivity contribution in [3.8, 4) is 0 Å². The Bertz CT molecular complexity index is 411. The molecule has 0 radical (unpaired) electrons. The molecule has 3 nitrogen and oxygen atoms in total. The first-order valence-corrected chi connectivity index (χ1v) is 8.29. The summed E-state index contributed by atoms with van der Waals surface area (Å²) < 4.78 is 0.970. The Labute approximate surface area is 129 Å². The first-order valence-electron chi connectivity index (χ1n) is 7.49. The Kier molecular flexibility index (Phi) is 6.49. The molecule has 1 heterocycles. The van der Waals surface area contributed by atoms with Crippen molar-refractivity contribution in [2.75, 3.05) is 19.7 Å². The van der Waals surface area contributed by atoms with Gasteiger partial charge in [-0.15, -0.1) is 0 Å². The quantitative estimate of drug-likeness (QED) is 0.835. The topological polar surface area (TPSA) is 43.7 Å². The van der Waals surface area contributed by atoms with Crippen molar-refractivity contribution in [2.45, 2.75) is 44.2 Å². The molecule has 2 N–H and O–H groups in total. The van der Waals surface area contributed by atoms with Crippen molar-refractivity contribution in [3.63, 3.8) is 0 Å². The standard InChI is InChI=1S/C16H24BrNO2/c17-15-7-2-1-6-14(15)16(20)8-11-18-10-4-3-5-13(18)9-12-19/h1-2,6-7,13,16,19-20H,3-5,8-12H2. The van der Waals surface area contributed by atoms with Crippen molar-refractivity contribution in [3.05, 3.63) is 34.3 Å². The molecule has 0 saturated carbocycles. The van der Waals surface area contributed by atoms with E-state index < -0.39 is 6.10 Å². The van der Waals surface area contributed by atoms with E-state index in [9.17, 15) is 5.11 Å². The monoisotopic (exact) mass is 341 g/mol. The van der Waals surface area contributed by atoms with Gasteiger partial charge in [-0.2, -0.15) is 0 Å². The van der Waals surface area contributed by atoms with Gasteiger partial charge in [-0.1, -0.05) is 40.5 Å². The van der Waals surface area contributed by atoms with Gasteiger partial charge in [-0.3, -0.25) is 0 Å². The van der Waals surface area contributed by atoms with Gasteiger partial charge in [0.05, 0.1) is 6.10 Å². The Morgan fingerprint density at radius 1 is 1.30 bits per heavy atom. The van der Waals surface area contributed by atoms with Crippen LogP contribution in [0, 0.1) is 0 Å². The lowest BCUT2D eigenvalue weighted by molar-refractivity contribution is 0.0889. The summed E-state index contributed by atoms with van der Waals surface area (Å²) in [6.07, 6.45) is 4.82. The molecular weight excluding hydrogens is 318 g/mol. The highest BCUT2D eigenvalue weighted by Gasteiger charge is 2.22. The average molecular weight is 342 g/mol. The number of nitrogens with zero attached hydrogens (tertiary/aromatic N) is 1. The van der Waals surface area contributed by atoms with Gasteiger partial charge < -0.3 is 15.1 Å². The summed E-state index contributed by atoms with van der Waals surface area (Å²) in [5.41, 5.74) is 0.961. The minimum absolute atomic E-state index is 0.258. The van der Waals surface area contributed by atoms with Crippen LogP contribution < -0.4 is 0 Å². The van der Waals surface area contributed by atoms with Crippen molar-refractivity contribution < 1.29 is 10.2 Å². The molecule has 4 heteroatoms. The van der Waals surface area contributed by atoms with E-state index in [1.807, 2.05) is 24.3 Å². The SMILES string of the molecule is OCCC1CCCCN1CCC(O)c1ccccc1Br. The van der Waals surface area contributed by atoms with Gasteiger partial charge in [0.25, 0.3) is 0 Å². The maximum absolute atomic E-state index is 10.3. The molecule has 2 unspecified atom stereocenters. The number of aliphatic hydroxyl groups is 2. The van der Waals surface area contributed by atoms with Crippen LogP contribution in [0.5, 0.6) is 0 Å². The third-order valence-corrected chi connectivity index (χ3v) is 4.89. The second kappa shape index (κ2) is 8.13. The molecule has 20 heavy (non-hydrogen) atoms. The van der Waals surface area contributed by atoms with Gasteiger partial charge in [0, 0.05) is 23.7 Å². The van der Waals surface area contributed by atoms with Gasteiger partial charge >= 0.3 is 0 Å². The minimum atomic E-state index is -0.428. The van der Waals surface area contributed by atoms with Gasteiger partial charge in [0.15, 0.2) is 0 Å². The van der Waals surface area contributed by atoms with Crippen LogP contribution in [0.3, 0.4) is 0 Å². The predicted molar refractivity (Wildman–Crippen MR) is 84.6 cm³/mol. The maximum atomic E-state index is 10.3. The lowest BCUT2D eigenvalue weighted by Crippen LogP contribution is -2.41. The first-order chi connectivity index (χ1) is 9.72. The zero-order chi connectivity index (χ0) is 14.4. The van der Waals surface area contributed by atoms with E-state index in [1.54, 1.807) is 0 Å². The van der Waals surface area contributed by atoms with E-state index >= 15 is 0 Å². The zero-order valence-corrected chi connectivity index (χ0v) is 13.4. The Hall–Kier alpha value is -0.420. The van der Waals surface area contributed by atoms with Crippen molar-refractivity contribution in [1.29, 1.82) is 0 Å². The van der Waals surface area contributed by atoms with Crippen molar-refractivity contribution in [2.24, 2.45) is 0 Å². The number of rotatable bonds is 6. The van der Waals surface area contributed by atoms with Crippen molar-refractivity contribution >= 4 is 15.9 Å². The fraction of sp³-hybridized carbons (Fsp3) is 0.625. The van der Waals surface area contributed by atoms with E-state index in [-0.39, 0.29) is 6.61 Å². The fourth-order valence-corrected chi connectivity index (χ4v) is 3.57. The highest BCUT2D eigenvalue weighted by molar-refractivity contribution is 9.10. The predicted octanol–water partition coefficient (Wildman–Crippen LogP) is 3.11. The van der Waals surface area contributed by atoms with Crippen LogP contribution in [0.15, 0.2) is 28.7 Å². The van der Waals surface area contributed by atoms with E-state index in [0.717, 1.165) is 36.0 Å². The molecule has 1 fully saturated rings. The molecule has 2 atom stereocenters. The summed E-state index contributed by atoms with van der Waals surface area (Å²) in [7, 11) is 0. The molecule has 0 bridgehead atoms. The molecule has 2 rings (SSSR count). The lowest BCUT2D eigenvalue weighted by atomic mass is 9.98. The third-order valence-electron chi connectivity index (χ3n) is 4.17. The molecule has 1 aromatic carbocycles. The number of hydrogen-bond donors (Lipinski definition) is 2. The van der Waals surface area contributed by atoms with E-state index in [4.69, 9.17) is 5.11 Å². The van der Waals surface area contributed by atoms with E-state index in [1.165, 1.54) is 19.3 Å². The molecule has 0 aromatic heterocycles. The molecule has 1 aliphatic heterocycles. The summed E-state index contributed by atoms with van der Waals surface area (Å²) >= 11 is 3.49. The summed E-state index contributed by atoms with van der Waals surface area (Å²) in [6.45, 7) is 2.24. The largest absolute Gasteiger partial charge is 0.396 e. The smallest absolute Gasteiger partial charge is 0.0813 e. The fourth-order valence-electron chi connectivity index (χ4n) is 3.02. The lowest BCUT2D eigenvalue weighted by Gasteiger charge is -2.36. The van der Waals surface area contributed by atoms with Crippen LogP contribution in [0.4, 0.5) is 0 Å². The molecule has 0 amide bonds. The van der Waals surface area contributed by atoms with Crippen LogP contribution in [0.1, 0.15) is 43.8 Å². The van der Waals surface area contributed by atoms with Crippen LogP contribution >= 0.6 is 15.9 Å². The number of likely N-dealkylation sites (tertiary alicyclic amines) is 1. The van der Waals surface area contributed by atoms with Crippen LogP contribution in [0.25, 0.3) is 0 Å². The van der Waals surface area contributed by atoms with Gasteiger partial charge in [-0.25, -0.2) is 0 Å². The number of aliphatic hydroxyl groups excluding tert-OH is 2. The molecule has 0 spiro atoms. The van der Waals surface area contributed by atoms with Gasteiger partial charge in [0.1, 0.15) is 0 Å². The molecule has 1 saturated heterocycles. The summed E-state index contributed by atoms with van der Waals surface area (Å²) in [4.78, 5) is 2.43. The molecule has 0 aliphatic carbocycles. The summed E-state index contributed by atoms with van der Waals surface area (Å²) in [5.74, 6) is 0. The second-order valence-corrected chi connectivity index (χ2v) is 6.38. The van der Waals surface area contributed by atoms with E-state index in [2.05, 4.69) is 20.8 Å². The highest BCUT2D eigenvalue weighted by Crippen LogP contribution is 2.27. The number of halogens is 1. The van der Waals surface area contributed by atoms with Gasteiger partial charge in [0.2, 0.25) is 0 Å². The Balaban J connectivity index is 1.88. The minimum Gasteiger partial charge on any atom is -0.396 e. The maximum Gasteiger partial charge on any atom is 0.0813 e. The molecule has 1 aromatic rings. The highest BCUT2D eigenvalue weighted by atomic mass is 79.9. The normalized spacial score (nSPS) is 21.9. The molecule has 1 aliphatic rings. The second-order valence-electron chi connectivity index (χ2n) is 5.52. The van der Waals surface area contributed by atoms with Crippen LogP contribution in [0.2, 0.25) is 0 Å². The van der Waals surface area contributed by atoms with Crippen LogP contribution in [-0.2, 0) is 0 Å². The summed E-state index contributed by atoms with van der Waals surface area (Å²) in [5, 5.41) is 19.5. The number of hydrogen-bond acceptors (Lipinski definition) is 3. The number of piperidine rings is 1. The zero-order valence-electron chi connectivity index (χ0n) is 11.8. The Morgan fingerprint density at radius 3 is 2.85 bits per heavy atom.